The Balaban J connectivity index is 1.85. The highest BCUT2D eigenvalue weighted by Crippen LogP contribution is 2.28. The predicted molar refractivity (Wildman–Crippen MR) is 116 cm³/mol. The van der Waals surface area contributed by atoms with E-state index in [1.165, 1.54) is 5.19 Å². The topological polar surface area (TPSA) is 72.2 Å². The number of hydrogen-bond acceptors (Lipinski definition) is 3. The van der Waals surface area contributed by atoms with E-state index in [-0.39, 0.29) is 5.75 Å². The average Bonchev–Trinajstić information content (AvgIpc) is 2.73. The fraction of sp³-hybridized carbons (Fsp3) is 0.182. The zero-order valence-corrected chi connectivity index (χ0v) is 17.6. The van der Waals surface area contributed by atoms with E-state index in [4.69, 9.17) is 5.73 Å². The largest absolute Gasteiger partial charge is 0.322 e. The Bertz CT molecular complexity index is 978. The summed E-state index contributed by atoms with van der Waals surface area (Å²) in [5.74, 6) is -0.0784. The van der Waals surface area contributed by atoms with Crippen molar-refractivity contribution in [2.45, 2.75) is 24.4 Å². The Morgan fingerprint density at radius 2 is 1.39 bits per heavy atom. The number of sulfonamides is 1. The zero-order valence-electron chi connectivity index (χ0n) is 15.7. The third kappa shape index (κ3) is 5.39. The van der Waals surface area contributed by atoms with E-state index in [9.17, 15) is 8.42 Å². The van der Waals surface area contributed by atoms with Crippen molar-refractivity contribution in [2.75, 3.05) is 0 Å². The third-order valence-electron chi connectivity index (χ3n) is 4.61. The molecule has 6 heteroatoms. The quantitative estimate of drug-likeness (QED) is 0.563. The first kappa shape index (κ1) is 20.5. The van der Waals surface area contributed by atoms with Crippen molar-refractivity contribution in [1.29, 1.82) is 0 Å². The molecule has 28 heavy (non-hydrogen) atoms. The van der Waals surface area contributed by atoms with Crippen molar-refractivity contribution in [3.63, 3.8) is 0 Å². The summed E-state index contributed by atoms with van der Waals surface area (Å²) in [6.45, 7) is 2.10. The Morgan fingerprint density at radius 1 is 0.857 bits per heavy atom. The van der Waals surface area contributed by atoms with Crippen LogP contribution in [-0.4, -0.2) is 17.9 Å². The molecule has 0 fully saturated rings. The Labute approximate surface area is 169 Å². The maximum Gasteiger partial charge on any atom is 0.216 e. The molecule has 2 atom stereocenters. The van der Waals surface area contributed by atoms with Gasteiger partial charge in [0.1, 0.15) is 0 Å². The molecule has 0 aromatic heterocycles. The van der Waals surface area contributed by atoms with Crippen molar-refractivity contribution in [3.8, 4) is 0 Å². The highest BCUT2D eigenvalue weighted by Gasteiger charge is 2.26. The van der Waals surface area contributed by atoms with E-state index in [0.717, 1.165) is 16.7 Å². The van der Waals surface area contributed by atoms with Gasteiger partial charge in [0.15, 0.2) is 0 Å². The van der Waals surface area contributed by atoms with E-state index in [0.29, 0.717) is 9.52 Å². The first-order chi connectivity index (χ1) is 13.5. The van der Waals surface area contributed by atoms with E-state index in [2.05, 4.69) is 11.3 Å². The van der Waals surface area contributed by atoms with Crippen molar-refractivity contribution >= 4 is 24.7 Å². The third-order valence-corrected chi connectivity index (χ3v) is 6.85. The fourth-order valence-electron chi connectivity index (χ4n) is 3.10. The van der Waals surface area contributed by atoms with Crippen molar-refractivity contribution in [2.24, 2.45) is 5.73 Å². The first-order valence-corrected chi connectivity index (χ1v) is 12.3. The summed E-state index contributed by atoms with van der Waals surface area (Å²) in [5, 5.41) is 1.21. The summed E-state index contributed by atoms with van der Waals surface area (Å²) >= 11 is 0. The van der Waals surface area contributed by atoms with Crippen LogP contribution in [0.15, 0.2) is 84.9 Å². The summed E-state index contributed by atoms with van der Waals surface area (Å²) in [6.07, 6.45) is 0. The Kier molecular flexibility index (Phi) is 6.80. The minimum atomic E-state index is -3.58. The lowest BCUT2D eigenvalue weighted by Gasteiger charge is -2.26. The Hall–Kier alpha value is -2.25. The predicted octanol–water partition coefficient (Wildman–Crippen LogP) is 2.92. The van der Waals surface area contributed by atoms with Gasteiger partial charge in [0.2, 0.25) is 10.0 Å². The second-order valence-electron chi connectivity index (χ2n) is 6.65. The van der Waals surface area contributed by atoms with Crippen molar-refractivity contribution in [3.05, 3.63) is 102 Å². The molecule has 0 saturated heterocycles. The van der Waals surface area contributed by atoms with Crippen LogP contribution >= 0.6 is 0 Å². The van der Waals surface area contributed by atoms with Crippen LogP contribution in [0, 0.1) is 0 Å². The van der Waals surface area contributed by atoms with Gasteiger partial charge < -0.3 is 5.73 Å². The molecule has 2 radical (unpaired) electrons. The van der Waals surface area contributed by atoms with Gasteiger partial charge in [-0.3, -0.25) is 0 Å². The van der Waals surface area contributed by atoms with Crippen molar-refractivity contribution < 1.29 is 8.42 Å². The van der Waals surface area contributed by atoms with Crippen LogP contribution in [0.1, 0.15) is 28.8 Å². The molecule has 2 unspecified atom stereocenters. The van der Waals surface area contributed by atoms with E-state index in [1.54, 1.807) is 0 Å². The summed E-state index contributed by atoms with van der Waals surface area (Å²) in [4.78, 5) is 0. The molecule has 3 aromatic rings. The summed E-state index contributed by atoms with van der Waals surface area (Å²) in [5.41, 5.74) is 8.96. The van der Waals surface area contributed by atoms with Gasteiger partial charge in [-0.1, -0.05) is 96.7 Å². The minimum Gasteiger partial charge on any atom is -0.322 e. The molecule has 0 saturated carbocycles. The van der Waals surface area contributed by atoms with Crippen LogP contribution in [0.5, 0.6) is 0 Å². The van der Waals surface area contributed by atoms with Gasteiger partial charge in [-0.25, -0.2) is 13.1 Å². The van der Waals surface area contributed by atoms with Gasteiger partial charge in [0, 0.05) is 0 Å². The van der Waals surface area contributed by atoms with Crippen LogP contribution < -0.4 is 15.6 Å². The molecule has 0 amide bonds. The van der Waals surface area contributed by atoms with E-state index < -0.39 is 22.1 Å². The molecule has 0 bridgehead atoms. The molecule has 0 spiro atoms. The first-order valence-electron chi connectivity index (χ1n) is 9.11. The zero-order chi connectivity index (χ0) is 20.0. The van der Waals surface area contributed by atoms with Crippen LogP contribution in [0.25, 0.3) is 0 Å². The lowest BCUT2D eigenvalue weighted by Crippen LogP contribution is -2.36. The molecule has 0 aliphatic heterocycles. The molecule has 144 valence electrons. The highest BCUT2D eigenvalue weighted by atomic mass is 32.2. The highest BCUT2D eigenvalue weighted by molar-refractivity contribution is 7.88. The lowest BCUT2D eigenvalue weighted by atomic mass is 9.95. The summed E-state index contributed by atoms with van der Waals surface area (Å²) < 4.78 is 28.7. The maximum absolute atomic E-state index is 12.9. The summed E-state index contributed by atoms with van der Waals surface area (Å²) in [7, 11) is -2.89. The number of rotatable bonds is 8. The number of nitrogens with one attached hydrogen (secondary N) is 1. The molecule has 3 rings (SSSR count). The Morgan fingerprint density at radius 3 is 1.93 bits per heavy atom. The molecule has 0 heterocycles. The molecule has 0 aliphatic rings. The normalized spacial score (nSPS) is 13.8. The minimum absolute atomic E-state index is 0.0784. The standard InChI is InChI=1S/C22H24N2O2SSi/c1-28-20-14-12-17(13-15-20)16-27(25,26)24-22(19-10-6-3-7-11-19)21(23)18-8-4-2-5-9-18/h2-15,21-22,24H,16,23H2,1H3. The van der Waals surface area contributed by atoms with Gasteiger partial charge in [-0.2, -0.15) is 0 Å². The number of hydrogen-bond donors (Lipinski definition) is 2. The van der Waals surface area contributed by atoms with Gasteiger partial charge >= 0.3 is 0 Å². The fourth-order valence-corrected chi connectivity index (χ4v) is 4.98. The molecule has 0 aliphatic carbocycles. The molecular weight excluding hydrogens is 384 g/mol. The van der Waals surface area contributed by atoms with Gasteiger partial charge in [0.05, 0.1) is 27.4 Å². The van der Waals surface area contributed by atoms with Gasteiger partial charge in [-0.15, -0.1) is 0 Å². The second kappa shape index (κ2) is 9.30. The average molecular weight is 409 g/mol. The second-order valence-corrected chi connectivity index (χ2v) is 9.48. The molecule has 3 aromatic carbocycles. The number of benzene rings is 3. The monoisotopic (exact) mass is 408 g/mol. The van der Waals surface area contributed by atoms with Crippen LogP contribution in [0.3, 0.4) is 0 Å². The van der Waals surface area contributed by atoms with Gasteiger partial charge in [0.25, 0.3) is 0 Å². The van der Waals surface area contributed by atoms with Crippen LogP contribution in [0.4, 0.5) is 0 Å². The van der Waals surface area contributed by atoms with Gasteiger partial charge in [-0.05, 0) is 16.7 Å². The van der Waals surface area contributed by atoms with Crippen LogP contribution in [0.2, 0.25) is 6.55 Å². The SMILES string of the molecule is C[Si]c1ccc(CS(=O)(=O)NC(c2ccccc2)C(N)c2ccccc2)cc1. The maximum atomic E-state index is 12.9. The smallest absolute Gasteiger partial charge is 0.216 e. The van der Waals surface area contributed by atoms with E-state index in [1.807, 2.05) is 84.9 Å². The van der Waals surface area contributed by atoms with Crippen molar-refractivity contribution in [1.82, 2.24) is 4.72 Å². The van der Waals surface area contributed by atoms with Crippen LogP contribution in [-0.2, 0) is 15.8 Å². The molecule has 4 nitrogen and oxygen atoms in total. The molecular formula is C22H24N2O2SSi. The lowest BCUT2D eigenvalue weighted by molar-refractivity contribution is 0.503. The van der Waals surface area contributed by atoms with E-state index >= 15 is 0 Å². The summed E-state index contributed by atoms with van der Waals surface area (Å²) in [6, 6.07) is 25.7. The molecule has 3 N–H and O–H groups in total. The number of nitrogens with two attached hydrogens (primary N) is 1.